The summed E-state index contributed by atoms with van der Waals surface area (Å²) in [6.07, 6.45) is 3.62. The zero-order valence-electron chi connectivity index (χ0n) is 12.3. The fraction of sp³-hybridized carbons (Fsp3) is 0.294. The van der Waals surface area contributed by atoms with Gasteiger partial charge in [0.25, 0.3) is 0 Å². The Hall–Kier alpha value is -2.36. The Bertz CT molecular complexity index is 584. The van der Waals surface area contributed by atoms with E-state index in [2.05, 4.69) is 51.2 Å². The van der Waals surface area contributed by atoms with Crippen LogP contribution in [0.4, 0.5) is 5.69 Å². The van der Waals surface area contributed by atoms with Crippen LogP contribution in [0.15, 0.2) is 53.8 Å². The molecule has 0 amide bonds. The second kappa shape index (κ2) is 6.39. The van der Waals surface area contributed by atoms with Gasteiger partial charge in [-0.15, -0.1) is 0 Å². The van der Waals surface area contributed by atoms with E-state index in [1.54, 1.807) is 6.20 Å². The molecule has 1 aromatic carbocycles. The lowest BCUT2D eigenvalue weighted by atomic mass is 10.2. The van der Waals surface area contributed by atoms with Crippen LogP contribution in [0, 0.1) is 6.92 Å². The lowest BCUT2D eigenvalue weighted by Crippen LogP contribution is -2.44. The molecule has 0 unspecified atom stereocenters. The number of hydrogen-bond donors (Lipinski definition) is 0. The van der Waals surface area contributed by atoms with Crippen LogP contribution in [-0.4, -0.2) is 42.4 Å². The third-order valence-electron chi connectivity index (χ3n) is 3.70. The topological polar surface area (TPSA) is 31.7 Å². The molecule has 1 fully saturated rings. The molecule has 1 aliphatic heterocycles. The highest BCUT2D eigenvalue weighted by molar-refractivity contribution is 5.76. The van der Waals surface area contributed by atoms with Crippen LogP contribution in [0.5, 0.6) is 0 Å². The van der Waals surface area contributed by atoms with Crippen molar-refractivity contribution < 1.29 is 0 Å². The van der Waals surface area contributed by atoms with Gasteiger partial charge in [-0.1, -0.05) is 23.8 Å². The van der Waals surface area contributed by atoms with E-state index >= 15 is 0 Å². The molecule has 108 valence electrons. The van der Waals surface area contributed by atoms with Gasteiger partial charge >= 0.3 is 0 Å². The zero-order chi connectivity index (χ0) is 14.5. The number of piperazine rings is 1. The van der Waals surface area contributed by atoms with Crippen LogP contribution in [-0.2, 0) is 0 Å². The van der Waals surface area contributed by atoms with E-state index in [9.17, 15) is 0 Å². The Balaban J connectivity index is 1.55. The first-order valence-electron chi connectivity index (χ1n) is 7.33. The maximum absolute atomic E-state index is 4.51. The molecule has 21 heavy (non-hydrogen) atoms. The maximum Gasteiger partial charge on any atom is 0.0830 e. The molecular formula is C17H20N4. The van der Waals surface area contributed by atoms with Gasteiger partial charge in [0.05, 0.1) is 25.0 Å². The summed E-state index contributed by atoms with van der Waals surface area (Å²) in [6, 6.07) is 14.6. The number of anilines is 1. The van der Waals surface area contributed by atoms with Gasteiger partial charge in [-0.3, -0.25) is 9.99 Å². The summed E-state index contributed by atoms with van der Waals surface area (Å²) in [4.78, 5) is 6.66. The molecule has 4 nitrogen and oxygen atoms in total. The molecule has 1 aliphatic rings. The molecule has 0 radical (unpaired) electrons. The predicted octanol–water partition coefficient (Wildman–Crippen LogP) is 2.55. The van der Waals surface area contributed by atoms with Crippen LogP contribution < -0.4 is 4.90 Å². The van der Waals surface area contributed by atoms with Gasteiger partial charge < -0.3 is 4.90 Å². The normalized spacial score (nSPS) is 15.7. The predicted molar refractivity (Wildman–Crippen MR) is 86.8 cm³/mol. The average molecular weight is 280 g/mol. The smallest absolute Gasteiger partial charge is 0.0830 e. The Morgan fingerprint density at radius 2 is 1.76 bits per heavy atom. The third-order valence-corrected chi connectivity index (χ3v) is 3.70. The second-order valence-corrected chi connectivity index (χ2v) is 5.28. The average Bonchev–Trinajstić information content (AvgIpc) is 2.55. The minimum atomic E-state index is 0.901. The van der Waals surface area contributed by atoms with Crippen LogP contribution in [0.1, 0.15) is 11.3 Å². The molecule has 0 aliphatic carbocycles. The Morgan fingerprint density at radius 3 is 2.43 bits per heavy atom. The molecule has 0 spiro atoms. The van der Waals surface area contributed by atoms with E-state index in [0.717, 1.165) is 31.9 Å². The highest BCUT2D eigenvalue weighted by Crippen LogP contribution is 2.17. The van der Waals surface area contributed by atoms with Gasteiger partial charge in [-0.2, -0.15) is 5.10 Å². The number of benzene rings is 1. The van der Waals surface area contributed by atoms with Crippen molar-refractivity contribution in [3.63, 3.8) is 0 Å². The van der Waals surface area contributed by atoms with E-state index < -0.39 is 0 Å². The highest BCUT2D eigenvalue weighted by Gasteiger charge is 2.15. The van der Waals surface area contributed by atoms with E-state index in [4.69, 9.17) is 0 Å². The molecule has 0 N–H and O–H groups in total. The summed E-state index contributed by atoms with van der Waals surface area (Å²) >= 11 is 0. The molecule has 2 heterocycles. The Kier molecular flexibility index (Phi) is 4.15. The van der Waals surface area contributed by atoms with E-state index in [1.165, 1.54) is 11.3 Å². The van der Waals surface area contributed by atoms with Gasteiger partial charge in [0.15, 0.2) is 0 Å². The van der Waals surface area contributed by atoms with Gasteiger partial charge in [-0.05, 0) is 31.2 Å². The molecule has 3 rings (SSSR count). The fourth-order valence-electron chi connectivity index (χ4n) is 2.42. The van der Waals surface area contributed by atoms with Crippen molar-refractivity contribution in [2.24, 2.45) is 5.10 Å². The van der Waals surface area contributed by atoms with Crippen molar-refractivity contribution in [1.29, 1.82) is 0 Å². The zero-order valence-corrected chi connectivity index (χ0v) is 12.3. The van der Waals surface area contributed by atoms with Crippen molar-refractivity contribution in [2.45, 2.75) is 6.92 Å². The van der Waals surface area contributed by atoms with E-state index in [0.29, 0.717) is 0 Å². The van der Waals surface area contributed by atoms with E-state index in [1.807, 2.05) is 24.4 Å². The van der Waals surface area contributed by atoms with Crippen LogP contribution >= 0.6 is 0 Å². The Morgan fingerprint density at radius 1 is 1.00 bits per heavy atom. The molecule has 1 aromatic heterocycles. The number of rotatable bonds is 3. The number of aryl methyl sites for hydroxylation is 1. The standard InChI is InChI=1S/C17H20N4/c1-15-5-7-17(8-6-15)20-10-12-21(13-11-20)19-14-16-4-2-3-9-18-16/h2-9,14H,10-13H2,1H3. The van der Waals surface area contributed by atoms with Gasteiger partial charge in [0, 0.05) is 25.0 Å². The summed E-state index contributed by atoms with van der Waals surface area (Å²) in [5.41, 5.74) is 3.50. The SMILES string of the molecule is Cc1ccc(N2CCN(N=Cc3ccccn3)CC2)cc1. The van der Waals surface area contributed by atoms with Crippen LogP contribution in [0.3, 0.4) is 0 Å². The third kappa shape index (κ3) is 3.60. The molecule has 0 atom stereocenters. The summed E-state index contributed by atoms with van der Waals surface area (Å²) in [6.45, 7) is 6.01. The number of pyridine rings is 1. The fourth-order valence-corrected chi connectivity index (χ4v) is 2.42. The van der Waals surface area contributed by atoms with Crippen LogP contribution in [0.25, 0.3) is 0 Å². The van der Waals surface area contributed by atoms with Crippen molar-refractivity contribution >= 4 is 11.9 Å². The molecule has 2 aromatic rings. The first-order valence-corrected chi connectivity index (χ1v) is 7.33. The first kappa shape index (κ1) is 13.6. The highest BCUT2D eigenvalue weighted by atomic mass is 15.5. The first-order chi connectivity index (χ1) is 10.3. The van der Waals surface area contributed by atoms with Gasteiger partial charge in [0.2, 0.25) is 0 Å². The van der Waals surface area contributed by atoms with Crippen molar-refractivity contribution in [3.8, 4) is 0 Å². The summed E-state index contributed by atoms with van der Waals surface area (Å²) in [5.74, 6) is 0. The lowest BCUT2D eigenvalue weighted by molar-refractivity contribution is 0.272. The summed E-state index contributed by atoms with van der Waals surface area (Å²) in [5, 5.41) is 6.63. The minimum Gasteiger partial charge on any atom is -0.368 e. The van der Waals surface area contributed by atoms with Crippen molar-refractivity contribution in [2.75, 3.05) is 31.1 Å². The van der Waals surface area contributed by atoms with Crippen LogP contribution in [0.2, 0.25) is 0 Å². The van der Waals surface area contributed by atoms with Gasteiger partial charge in [0.1, 0.15) is 0 Å². The maximum atomic E-state index is 4.51. The van der Waals surface area contributed by atoms with Gasteiger partial charge in [-0.25, -0.2) is 0 Å². The number of hydrazone groups is 1. The monoisotopic (exact) mass is 280 g/mol. The summed E-state index contributed by atoms with van der Waals surface area (Å²) in [7, 11) is 0. The minimum absolute atomic E-state index is 0.901. The lowest BCUT2D eigenvalue weighted by Gasteiger charge is -2.34. The molecular weight excluding hydrogens is 260 g/mol. The molecule has 4 heteroatoms. The molecule has 0 saturated carbocycles. The Labute approximate surface area is 125 Å². The van der Waals surface area contributed by atoms with Crippen molar-refractivity contribution in [1.82, 2.24) is 9.99 Å². The number of nitrogens with zero attached hydrogens (tertiary/aromatic N) is 4. The molecule has 0 bridgehead atoms. The second-order valence-electron chi connectivity index (χ2n) is 5.28. The largest absolute Gasteiger partial charge is 0.368 e. The van der Waals surface area contributed by atoms with Crippen molar-refractivity contribution in [3.05, 3.63) is 59.9 Å². The molecule has 1 saturated heterocycles. The number of hydrogen-bond acceptors (Lipinski definition) is 4. The summed E-state index contributed by atoms with van der Waals surface area (Å²) < 4.78 is 0. The quantitative estimate of drug-likeness (QED) is 0.810. The van der Waals surface area contributed by atoms with E-state index in [-0.39, 0.29) is 0 Å². The number of aromatic nitrogens is 1.